The number of rotatable bonds is 7. The molecule has 94 valence electrons. The second kappa shape index (κ2) is 7.21. The standard InChI is InChI=1S/C10H12BrNO5/c11-9-7-8(12(14)15)1-2-10(9)17-6-5-16-4-3-13/h1-2,7,13H,3-6H2. The van der Waals surface area contributed by atoms with E-state index in [2.05, 4.69) is 15.9 Å². The summed E-state index contributed by atoms with van der Waals surface area (Å²) in [7, 11) is 0. The number of hydrogen-bond donors (Lipinski definition) is 1. The largest absolute Gasteiger partial charge is 0.490 e. The SMILES string of the molecule is O=[N+]([O-])c1ccc(OCCOCCO)c(Br)c1. The lowest BCUT2D eigenvalue weighted by atomic mass is 10.3. The summed E-state index contributed by atoms with van der Waals surface area (Å²) in [6.07, 6.45) is 0. The molecule has 0 aromatic heterocycles. The maximum absolute atomic E-state index is 10.5. The molecule has 6 nitrogen and oxygen atoms in total. The van der Waals surface area contributed by atoms with Crippen LogP contribution >= 0.6 is 15.9 Å². The number of aliphatic hydroxyl groups is 1. The van der Waals surface area contributed by atoms with Crippen LogP contribution in [0.1, 0.15) is 0 Å². The van der Waals surface area contributed by atoms with E-state index in [0.717, 1.165) is 0 Å². The number of nitro groups is 1. The minimum absolute atomic E-state index is 0.000700. The minimum atomic E-state index is -0.473. The zero-order valence-electron chi connectivity index (χ0n) is 8.97. The van der Waals surface area contributed by atoms with Crippen LogP contribution in [0.25, 0.3) is 0 Å². The van der Waals surface area contributed by atoms with E-state index in [-0.39, 0.29) is 18.9 Å². The molecule has 7 heteroatoms. The summed E-state index contributed by atoms with van der Waals surface area (Å²) in [6, 6.07) is 4.27. The highest BCUT2D eigenvalue weighted by atomic mass is 79.9. The van der Waals surface area contributed by atoms with E-state index in [4.69, 9.17) is 14.6 Å². The number of hydrogen-bond acceptors (Lipinski definition) is 5. The van der Waals surface area contributed by atoms with Gasteiger partial charge in [0, 0.05) is 12.1 Å². The molecule has 1 rings (SSSR count). The predicted molar refractivity (Wildman–Crippen MR) is 64.2 cm³/mol. The molecule has 0 aliphatic carbocycles. The average Bonchev–Trinajstić information content (AvgIpc) is 2.30. The number of nitrogens with zero attached hydrogens (tertiary/aromatic N) is 1. The predicted octanol–water partition coefficient (Wildman–Crippen LogP) is 1.75. The quantitative estimate of drug-likeness (QED) is 0.471. The van der Waals surface area contributed by atoms with Gasteiger partial charge >= 0.3 is 0 Å². The van der Waals surface area contributed by atoms with Crippen molar-refractivity contribution in [2.24, 2.45) is 0 Å². The Hall–Kier alpha value is -1.18. The van der Waals surface area contributed by atoms with Gasteiger partial charge in [0.05, 0.1) is 29.2 Å². The van der Waals surface area contributed by atoms with Gasteiger partial charge in [0.25, 0.3) is 5.69 Å². The number of nitro benzene ring substituents is 1. The topological polar surface area (TPSA) is 81.8 Å². The van der Waals surface area contributed by atoms with Gasteiger partial charge in [-0.05, 0) is 22.0 Å². The molecule has 0 saturated heterocycles. The van der Waals surface area contributed by atoms with Crippen molar-refractivity contribution >= 4 is 21.6 Å². The van der Waals surface area contributed by atoms with Crippen molar-refractivity contribution in [1.82, 2.24) is 0 Å². The molecule has 0 unspecified atom stereocenters. The Labute approximate surface area is 106 Å². The van der Waals surface area contributed by atoms with Crippen molar-refractivity contribution in [3.63, 3.8) is 0 Å². The van der Waals surface area contributed by atoms with Crippen molar-refractivity contribution in [2.45, 2.75) is 0 Å². The van der Waals surface area contributed by atoms with Crippen LogP contribution in [0.2, 0.25) is 0 Å². The summed E-state index contributed by atoms with van der Waals surface area (Å²) < 4.78 is 10.9. The summed E-state index contributed by atoms with van der Waals surface area (Å²) in [4.78, 5) is 10.0. The highest BCUT2D eigenvalue weighted by Gasteiger charge is 2.09. The summed E-state index contributed by atoms with van der Waals surface area (Å²) >= 11 is 3.19. The molecule has 0 amide bonds. The van der Waals surface area contributed by atoms with E-state index in [1.54, 1.807) is 0 Å². The van der Waals surface area contributed by atoms with Crippen LogP contribution < -0.4 is 4.74 Å². The molecular weight excluding hydrogens is 294 g/mol. The first-order valence-electron chi connectivity index (χ1n) is 4.90. The lowest BCUT2D eigenvalue weighted by Gasteiger charge is -2.08. The first kappa shape index (κ1) is 13.9. The van der Waals surface area contributed by atoms with Crippen molar-refractivity contribution < 1.29 is 19.5 Å². The fourth-order valence-corrected chi connectivity index (χ4v) is 1.58. The number of aliphatic hydroxyl groups excluding tert-OH is 1. The second-order valence-corrected chi connectivity index (χ2v) is 3.91. The molecule has 1 aromatic carbocycles. The maximum atomic E-state index is 10.5. The Bertz CT molecular complexity index is 385. The molecule has 1 aromatic rings. The molecule has 0 spiro atoms. The van der Waals surface area contributed by atoms with E-state index in [0.29, 0.717) is 23.4 Å². The molecule has 0 atom stereocenters. The van der Waals surface area contributed by atoms with E-state index in [9.17, 15) is 10.1 Å². The van der Waals surface area contributed by atoms with Gasteiger partial charge < -0.3 is 14.6 Å². The van der Waals surface area contributed by atoms with Crippen molar-refractivity contribution in [1.29, 1.82) is 0 Å². The van der Waals surface area contributed by atoms with Gasteiger partial charge in [0.2, 0.25) is 0 Å². The van der Waals surface area contributed by atoms with E-state index < -0.39 is 4.92 Å². The van der Waals surface area contributed by atoms with Crippen LogP contribution in [0.15, 0.2) is 22.7 Å². The molecule has 0 fully saturated rings. The highest BCUT2D eigenvalue weighted by Crippen LogP contribution is 2.28. The van der Waals surface area contributed by atoms with Gasteiger partial charge in [0.15, 0.2) is 0 Å². The number of ether oxygens (including phenoxy) is 2. The molecular formula is C10H12BrNO5. The Morgan fingerprint density at radius 1 is 1.35 bits per heavy atom. The molecule has 0 heterocycles. The molecule has 0 aliphatic heterocycles. The van der Waals surface area contributed by atoms with Crippen LogP contribution in [0.5, 0.6) is 5.75 Å². The molecule has 17 heavy (non-hydrogen) atoms. The lowest BCUT2D eigenvalue weighted by molar-refractivity contribution is -0.385. The van der Waals surface area contributed by atoms with Crippen LogP contribution in [0.4, 0.5) is 5.69 Å². The van der Waals surface area contributed by atoms with Gasteiger partial charge in [-0.3, -0.25) is 10.1 Å². The Kier molecular flexibility index (Phi) is 5.88. The summed E-state index contributed by atoms with van der Waals surface area (Å²) in [5.41, 5.74) is 0.000700. The number of benzene rings is 1. The fourth-order valence-electron chi connectivity index (χ4n) is 1.10. The molecule has 0 saturated carbocycles. The molecule has 0 radical (unpaired) electrons. The summed E-state index contributed by atoms with van der Waals surface area (Å²) in [5.74, 6) is 0.517. The summed E-state index contributed by atoms with van der Waals surface area (Å²) in [6.45, 7) is 0.909. The van der Waals surface area contributed by atoms with Gasteiger partial charge in [-0.2, -0.15) is 0 Å². The lowest BCUT2D eigenvalue weighted by Crippen LogP contribution is -2.09. The number of halogens is 1. The average molecular weight is 306 g/mol. The van der Waals surface area contributed by atoms with Gasteiger partial charge in [-0.15, -0.1) is 0 Å². The molecule has 0 aliphatic rings. The number of non-ortho nitro benzene ring substituents is 1. The van der Waals surface area contributed by atoms with Crippen LogP contribution in [0, 0.1) is 10.1 Å². The van der Waals surface area contributed by atoms with Crippen molar-refractivity contribution in [3.8, 4) is 5.75 Å². The molecule has 0 bridgehead atoms. The first-order valence-corrected chi connectivity index (χ1v) is 5.70. The second-order valence-electron chi connectivity index (χ2n) is 3.06. The summed E-state index contributed by atoms with van der Waals surface area (Å²) in [5, 5.41) is 19.0. The third kappa shape index (κ3) is 4.68. The van der Waals surface area contributed by atoms with E-state index >= 15 is 0 Å². The third-order valence-electron chi connectivity index (χ3n) is 1.85. The van der Waals surface area contributed by atoms with Crippen LogP contribution in [0.3, 0.4) is 0 Å². The fraction of sp³-hybridized carbons (Fsp3) is 0.400. The monoisotopic (exact) mass is 305 g/mol. The van der Waals surface area contributed by atoms with E-state index in [1.165, 1.54) is 18.2 Å². The zero-order chi connectivity index (χ0) is 12.7. The smallest absolute Gasteiger partial charge is 0.270 e. The Morgan fingerprint density at radius 3 is 2.71 bits per heavy atom. The van der Waals surface area contributed by atoms with Crippen LogP contribution in [-0.4, -0.2) is 36.5 Å². The highest BCUT2D eigenvalue weighted by molar-refractivity contribution is 9.10. The van der Waals surface area contributed by atoms with Crippen LogP contribution in [-0.2, 0) is 4.74 Å². The Balaban J connectivity index is 2.46. The Morgan fingerprint density at radius 2 is 2.12 bits per heavy atom. The maximum Gasteiger partial charge on any atom is 0.270 e. The normalized spacial score (nSPS) is 10.2. The zero-order valence-corrected chi connectivity index (χ0v) is 10.6. The van der Waals surface area contributed by atoms with Gasteiger partial charge in [-0.25, -0.2) is 0 Å². The first-order chi connectivity index (χ1) is 8.15. The third-order valence-corrected chi connectivity index (χ3v) is 2.47. The van der Waals surface area contributed by atoms with Gasteiger partial charge in [0.1, 0.15) is 12.4 Å². The minimum Gasteiger partial charge on any atom is -0.490 e. The van der Waals surface area contributed by atoms with Crippen molar-refractivity contribution in [3.05, 3.63) is 32.8 Å². The van der Waals surface area contributed by atoms with Gasteiger partial charge in [-0.1, -0.05) is 0 Å². The van der Waals surface area contributed by atoms with Crippen molar-refractivity contribution in [2.75, 3.05) is 26.4 Å². The molecule has 1 N–H and O–H groups in total. The van der Waals surface area contributed by atoms with E-state index in [1.807, 2.05) is 0 Å².